The zero-order valence-corrected chi connectivity index (χ0v) is 9.83. The van der Waals surface area contributed by atoms with E-state index in [1.807, 2.05) is 0 Å². The van der Waals surface area contributed by atoms with Crippen molar-refractivity contribution in [3.05, 3.63) is 34.1 Å². The van der Waals surface area contributed by atoms with Crippen molar-refractivity contribution in [1.29, 1.82) is 0 Å². The maximum Gasteiger partial charge on any atom is 0.252 e. The molecule has 1 aromatic rings. The van der Waals surface area contributed by atoms with Crippen LogP contribution < -0.4 is 5.32 Å². The Morgan fingerprint density at radius 1 is 1.60 bits per heavy atom. The predicted molar refractivity (Wildman–Crippen MR) is 62.1 cm³/mol. The average molecular weight is 248 g/mol. The van der Waals surface area contributed by atoms with Gasteiger partial charge in [-0.2, -0.15) is 12.6 Å². The summed E-state index contributed by atoms with van der Waals surface area (Å²) in [5, 5.41) is 2.73. The van der Waals surface area contributed by atoms with E-state index in [2.05, 4.69) is 17.9 Å². The van der Waals surface area contributed by atoms with E-state index in [4.69, 9.17) is 11.6 Å². The average Bonchev–Trinajstić information content (AvgIpc) is 2.17. The van der Waals surface area contributed by atoms with Gasteiger partial charge in [0.15, 0.2) is 0 Å². The van der Waals surface area contributed by atoms with Crippen LogP contribution in [0.3, 0.4) is 0 Å². The van der Waals surface area contributed by atoms with Gasteiger partial charge in [-0.15, -0.1) is 0 Å². The second kappa shape index (κ2) is 5.37. The van der Waals surface area contributed by atoms with Gasteiger partial charge in [0, 0.05) is 16.1 Å². The molecular formula is C10H11ClFNOS. The summed E-state index contributed by atoms with van der Waals surface area (Å²) < 4.78 is 13.4. The number of halogens is 2. The Hall–Kier alpha value is -0.740. The maximum atomic E-state index is 13.4. The summed E-state index contributed by atoms with van der Waals surface area (Å²) in [6, 6.07) is 2.64. The Kier molecular flexibility index (Phi) is 4.42. The highest BCUT2D eigenvalue weighted by Crippen LogP contribution is 2.22. The first-order valence-corrected chi connectivity index (χ1v) is 5.48. The SMILES string of the molecule is CCc1c(F)cc(C(=O)NCS)cc1Cl. The van der Waals surface area contributed by atoms with E-state index in [1.165, 1.54) is 12.1 Å². The lowest BCUT2D eigenvalue weighted by atomic mass is 10.1. The van der Waals surface area contributed by atoms with Crippen LogP contribution in [0.25, 0.3) is 0 Å². The number of carbonyl (C=O) groups is 1. The fraction of sp³-hybridized carbons (Fsp3) is 0.300. The summed E-state index contributed by atoms with van der Waals surface area (Å²) in [6.07, 6.45) is 0.499. The Labute approximate surface area is 98.2 Å². The molecule has 0 aliphatic heterocycles. The molecule has 0 radical (unpaired) electrons. The van der Waals surface area contributed by atoms with Gasteiger partial charge < -0.3 is 5.32 Å². The van der Waals surface area contributed by atoms with Crippen LogP contribution in [0.1, 0.15) is 22.8 Å². The van der Waals surface area contributed by atoms with Crippen LogP contribution in [-0.2, 0) is 6.42 Å². The van der Waals surface area contributed by atoms with Crippen LogP contribution >= 0.6 is 24.2 Å². The molecule has 0 aromatic heterocycles. The minimum Gasteiger partial charge on any atom is -0.343 e. The third-order valence-corrected chi connectivity index (χ3v) is 2.49. The molecule has 82 valence electrons. The summed E-state index contributed by atoms with van der Waals surface area (Å²) in [5.41, 5.74) is 0.642. The lowest BCUT2D eigenvalue weighted by Crippen LogP contribution is -2.21. The van der Waals surface area contributed by atoms with Gasteiger partial charge in [-0.3, -0.25) is 4.79 Å². The van der Waals surface area contributed by atoms with E-state index in [-0.39, 0.29) is 22.4 Å². The van der Waals surface area contributed by atoms with Crippen molar-refractivity contribution in [2.24, 2.45) is 0 Å². The molecule has 0 aliphatic rings. The van der Waals surface area contributed by atoms with Crippen LogP contribution in [-0.4, -0.2) is 11.8 Å². The lowest BCUT2D eigenvalue weighted by molar-refractivity contribution is 0.0960. The first-order chi connectivity index (χ1) is 7.10. The summed E-state index contributed by atoms with van der Waals surface area (Å²) in [4.78, 5) is 11.4. The van der Waals surface area contributed by atoms with E-state index < -0.39 is 5.82 Å². The normalized spacial score (nSPS) is 10.1. The number of benzene rings is 1. The molecule has 1 N–H and O–H groups in total. The van der Waals surface area contributed by atoms with Gasteiger partial charge in [0.05, 0.1) is 5.88 Å². The number of amides is 1. The van der Waals surface area contributed by atoms with Crippen LogP contribution in [0.4, 0.5) is 4.39 Å². The highest BCUT2D eigenvalue weighted by molar-refractivity contribution is 7.80. The maximum absolute atomic E-state index is 13.4. The Balaban J connectivity index is 3.08. The van der Waals surface area contributed by atoms with Crippen molar-refractivity contribution in [3.63, 3.8) is 0 Å². The van der Waals surface area contributed by atoms with Gasteiger partial charge in [-0.1, -0.05) is 18.5 Å². The number of carbonyl (C=O) groups excluding carboxylic acids is 1. The van der Waals surface area contributed by atoms with E-state index >= 15 is 0 Å². The summed E-state index contributed by atoms with van der Waals surface area (Å²) in [7, 11) is 0. The second-order valence-electron chi connectivity index (χ2n) is 2.94. The predicted octanol–water partition coefficient (Wildman–Crippen LogP) is 2.66. The quantitative estimate of drug-likeness (QED) is 0.624. The van der Waals surface area contributed by atoms with Gasteiger partial charge >= 0.3 is 0 Å². The van der Waals surface area contributed by atoms with Gasteiger partial charge in [0.2, 0.25) is 0 Å². The van der Waals surface area contributed by atoms with Crippen LogP contribution in [0.5, 0.6) is 0 Å². The third-order valence-electron chi connectivity index (χ3n) is 2.00. The van der Waals surface area contributed by atoms with Gasteiger partial charge in [-0.25, -0.2) is 4.39 Å². The molecule has 0 fully saturated rings. The summed E-state index contributed by atoms with van der Waals surface area (Å²) in [6.45, 7) is 1.80. The number of thiol groups is 1. The van der Waals surface area contributed by atoms with E-state index in [0.717, 1.165) is 0 Å². The molecule has 1 rings (SSSR count). The van der Waals surface area contributed by atoms with E-state index in [9.17, 15) is 9.18 Å². The molecule has 1 aromatic carbocycles. The molecule has 0 spiro atoms. The zero-order chi connectivity index (χ0) is 11.4. The Morgan fingerprint density at radius 3 is 2.73 bits per heavy atom. The topological polar surface area (TPSA) is 29.1 Å². The monoisotopic (exact) mass is 247 g/mol. The molecule has 2 nitrogen and oxygen atoms in total. The minimum atomic E-state index is -0.450. The first kappa shape index (κ1) is 12.3. The molecule has 0 bridgehead atoms. The summed E-state index contributed by atoms with van der Waals surface area (Å²) in [5.74, 6) is -0.629. The number of hydrogen-bond donors (Lipinski definition) is 2. The molecule has 5 heteroatoms. The molecule has 0 aliphatic carbocycles. The van der Waals surface area contributed by atoms with Crippen molar-refractivity contribution in [1.82, 2.24) is 5.32 Å². The summed E-state index contributed by atoms with van der Waals surface area (Å²) >= 11 is 9.68. The molecule has 0 atom stereocenters. The van der Waals surface area contributed by atoms with E-state index in [0.29, 0.717) is 12.0 Å². The fourth-order valence-electron chi connectivity index (χ4n) is 1.25. The second-order valence-corrected chi connectivity index (χ2v) is 3.66. The smallest absolute Gasteiger partial charge is 0.252 e. The van der Waals surface area contributed by atoms with Gasteiger partial charge in [0.25, 0.3) is 5.91 Å². The standard InChI is InChI=1S/C10H11ClFNOS/c1-2-7-8(11)3-6(4-9(7)12)10(14)13-5-15/h3-4,15H,2,5H2,1H3,(H,13,14). The van der Waals surface area contributed by atoms with Crippen molar-refractivity contribution < 1.29 is 9.18 Å². The van der Waals surface area contributed by atoms with Crippen LogP contribution in [0.15, 0.2) is 12.1 Å². The number of hydrogen-bond acceptors (Lipinski definition) is 2. The first-order valence-electron chi connectivity index (χ1n) is 4.47. The third kappa shape index (κ3) is 2.86. The molecule has 0 unspecified atom stereocenters. The van der Waals surface area contributed by atoms with E-state index in [1.54, 1.807) is 6.92 Å². The van der Waals surface area contributed by atoms with Crippen molar-refractivity contribution in [2.45, 2.75) is 13.3 Å². The molecule has 15 heavy (non-hydrogen) atoms. The minimum absolute atomic E-state index is 0.202. The largest absolute Gasteiger partial charge is 0.343 e. The zero-order valence-electron chi connectivity index (χ0n) is 8.18. The fourth-order valence-corrected chi connectivity index (χ4v) is 1.73. The molecular weight excluding hydrogens is 237 g/mol. The van der Waals surface area contributed by atoms with Crippen molar-refractivity contribution in [2.75, 3.05) is 5.88 Å². The number of nitrogens with one attached hydrogen (secondary N) is 1. The molecule has 0 saturated heterocycles. The molecule has 1 amide bonds. The molecule has 0 heterocycles. The molecule has 0 saturated carbocycles. The number of rotatable bonds is 3. The Morgan fingerprint density at radius 2 is 2.27 bits per heavy atom. The highest BCUT2D eigenvalue weighted by atomic mass is 35.5. The van der Waals surface area contributed by atoms with Crippen LogP contribution in [0, 0.1) is 5.82 Å². The van der Waals surface area contributed by atoms with Gasteiger partial charge in [0.1, 0.15) is 5.82 Å². The van der Waals surface area contributed by atoms with Crippen molar-refractivity contribution in [3.8, 4) is 0 Å². The lowest BCUT2D eigenvalue weighted by Gasteiger charge is -2.07. The van der Waals surface area contributed by atoms with Crippen molar-refractivity contribution >= 4 is 30.1 Å². The van der Waals surface area contributed by atoms with Gasteiger partial charge in [-0.05, 0) is 18.6 Å². The highest BCUT2D eigenvalue weighted by Gasteiger charge is 2.12. The Bertz CT molecular complexity index is 361. The van der Waals surface area contributed by atoms with Crippen LogP contribution in [0.2, 0.25) is 5.02 Å².